The van der Waals surface area contributed by atoms with Gasteiger partial charge in [0, 0.05) is 16.8 Å². The monoisotopic (exact) mass is 390 g/mol. The smallest absolute Gasteiger partial charge is 0.330 e. The van der Waals surface area contributed by atoms with Crippen molar-refractivity contribution in [2.75, 3.05) is 6.61 Å². The largest absolute Gasteiger partial charge is 0.488 e. The van der Waals surface area contributed by atoms with Crippen molar-refractivity contribution < 1.29 is 14.3 Å². The summed E-state index contributed by atoms with van der Waals surface area (Å²) in [5, 5.41) is 4.45. The predicted molar refractivity (Wildman–Crippen MR) is 121 cm³/mol. The van der Waals surface area contributed by atoms with Crippen LogP contribution < -0.4 is 4.74 Å². The lowest BCUT2D eigenvalue weighted by molar-refractivity contribution is -0.144. The minimum atomic E-state index is -0.396. The van der Waals surface area contributed by atoms with E-state index in [1.807, 2.05) is 12.1 Å². The summed E-state index contributed by atoms with van der Waals surface area (Å²) in [5.41, 5.74) is 1.19. The zero-order chi connectivity index (χ0) is 20.6. The molecule has 29 heavy (non-hydrogen) atoms. The molecule has 3 heteroatoms. The first-order valence-electron chi connectivity index (χ1n) is 10.5. The van der Waals surface area contributed by atoms with Crippen molar-refractivity contribution in [3.05, 3.63) is 66.7 Å². The van der Waals surface area contributed by atoms with E-state index in [2.05, 4.69) is 56.8 Å². The van der Waals surface area contributed by atoms with Gasteiger partial charge in [-0.05, 0) is 42.7 Å². The molecule has 0 aromatic heterocycles. The number of hydrogen-bond acceptors (Lipinski definition) is 3. The summed E-state index contributed by atoms with van der Waals surface area (Å²) < 4.78 is 11.9. The maximum absolute atomic E-state index is 11.8. The van der Waals surface area contributed by atoms with E-state index in [4.69, 9.17) is 9.47 Å². The van der Waals surface area contributed by atoms with E-state index in [1.54, 1.807) is 0 Å². The van der Waals surface area contributed by atoms with Crippen LogP contribution in [-0.2, 0) is 9.53 Å². The first kappa shape index (κ1) is 20.9. The van der Waals surface area contributed by atoms with Crippen LogP contribution >= 0.6 is 0 Å². The maximum Gasteiger partial charge on any atom is 0.330 e. The van der Waals surface area contributed by atoms with Gasteiger partial charge in [-0.3, -0.25) is 0 Å². The third-order valence-corrected chi connectivity index (χ3v) is 5.21. The SMILES string of the molecule is C=CC(=O)OC(CCCCCC)COc1c2ccccc2cc2ccc(C)cc12. The van der Waals surface area contributed by atoms with Gasteiger partial charge in [0.15, 0.2) is 0 Å². The molecule has 3 aromatic carbocycles. The lowest BCUT2D eigenvalue weighted by atomic mass is 10.0. The Morgan fingerprint density at radius 3 is 2.62 bits per heavy atom. The zero-order valence-corrected chi connectivity index (χ0v) is 17.4. The Bertz CT molecular complexity index is 990. The molecule has 152 valence electrons. The Morgan fingerprint density at radius 2 is 1.83 bits per heavy atom. The van der Waals surface area contributed by atoms with Crippen LogP contribution in [0.4, 0.5) is 0 Å². The quantitative estimate of drug-likeness (QED) is 0.166. The summed E-state index contributed by atoms with van der Waals surface area (Å²) in [4.78, 5) is 11.8. The van der Waals surface area contributed by atoms with Crippen LogP contribution in [0, 0.1) is 6.92 Å². The average Bonchev–Trinajstić information content (AvgIpc) is 2.73. The minimum Gasteiger partial charge on any atom is -0.488 e. The molecule has 0 heterocycles. The van der Waals surface area contributed by atoms with Crippen molar-refractivity contribution >= 4 is 27.5 Å². The van der Waals surface area contributed by atoms with Gasteiger partial charge in [0.1, 0.15) is 18.5 Å². The first-order chi connectivity index (χ1) is 14.1. The van der Waals surface area contributed by atoms with Crippen LogP contribution in [-0.4, -0.2) is 18.7 Å². The highest BCUT2D eigenvalue weighted by molar-refractivity contribution is 6.05. The Labute approximate surface area is 173 Å². The van der Waals surface area contributed by atoms with Gasteiger partial charge in [-0.15, -0.1) is 0 Å². The Balaban J connectivity index is 1.87. The lowest BCUT2D eigenvalue weighted by Gasteiger charge is -2.20. The van der Waals surface area contributed by atoms with Crippen molar-refractivity contribution in [1.29, 1.82) is 0 Å². The molecule has 0 saturated carbocycles. The first-order valence-corrected chi connectivity index (χ1v) is 10.5. The molecule has 0 N–H and O–H groups in total. The van der Waals surface area contributed by atoms with E-state index in [0.29, 0.717) is 6.61 Å². The van der Waals surface area contributed by atoms with Crippen LogP contribution in [0.1, 0.15) is 44.6 Å². The van der Waals surface area contributed by atoms with Gasteiger partial charge in [-0.1, -0.05) is 74.7 Å². The molecular weight excluding hydrogens is 360 g/mol. The summed E-state index contributed by atoms with van der Waals surface area (Å²) in [6.07, 6.45) is 6.25. The molecule has 3 aromatic rings. The molecular formula is C26H30O3. The highest BCUT2D eigenvalue weighted by Gasteiger charge is 2.16. The maximum atomic E-state index is 11.8. The Kier molecular flexibility index (Phi) is 7.29. The number of rotatable bonds is 10. The second-order valence-corrected chi connectivity index (χ2v) is 7.57. The third-order valence-electron chi connectivity index (χ3n) is 5.21. The van der Waals surface area contributed by atoms with Crippen molar-refractivity contribution in [3.8, 4) is 5.75 Å². The number of esters is 1. The third kappa shape index (κ3) is 5.38. The molecule has 0 amide bonds. The van der Waals surface area contributed by atoms with Gasteiger partial charge in [0.05, 0.1) is 0 Å². The van der Waals surface area contributed by atoms with Crippen molar-refractivity contribution in [2.45, 2.75) is 52.1 Å². The van der Waals surface area contributed by atoms with Crippen LogP contribution in [0.3, 0.4) is 0 Å². The highest BCUT2D eigenvalue weighted by Crippen LogP contribution is 2.35. The van der Waals surface area contributed by atoms with Crippen molar-refractivity contribution in [1.82, 2.24) is 0 Å². The fraction of sp³-hybridized carbons (Fsp3) is 0.346. The number of fused-ring (bicyclic) bond motifs is 2. The molecule has 0 aliphatic carbocycles. The van der Waals surface area contributed by atoms with Crippen LogP contribution in [0.15, 0.2) is 61.2 Å². The molecule has 0 fully saturated rings. The standard InChI is InChI=1S/C26H30O3/c1-4-6-7-8-12-22(29-25(27)5-2)18-28-26-23-13-10-9-11-20(23)17-21-15-14-19(3)16-24(21)26/h5,9-11,13-17,22H,2,4,6-8,12,18H2,1,3H3. The number of carbonyl (C=O) groups excluding carboxylic acids is 1. The fourth-order valence-corrected chi connectivity index (χ4v) is 3.65. The molecule has 3 nitrogen and oxygen atoms in total. The molecule has 0 bridgehead atoms. The van der Waals surface area contributed by atoms with Gasteiger partial charge in [0.2, 0.25) is 0 Å². The highest BCUT2D eigenvalue weighted by atomic mass is 16.6. The molecule has 0 aliphatic heterocycles. The normalized spacial score (nSPS) is 12.1. The van der Waals surface area contributed by atoms with Crippen LogP contribution in [0.2, 0.25) is 0 Å². The lowest BCUT2D eigenvalue weighted by Crippen LogP contribution is -2.24. The van der Waals surface area contributed by atoms with Gasteiger partial charge >= 0.3 is 5.97 Å². The Hall–Kier alpha value is -2.81. The second-order valence-electron chi connectivity index (χ2n) is 7.57. The minimum absolute atomic E-state index is 0.281. The van der Waals surface area contributed by atoms with Crippen molar-refractivity contribution in [3.63, 3.8) is 0 Å². The molecule has 0 radical (unpaired) electrons. The van der Waals surface area contributed by atoms with E-state index in [0.717, 1.165) is 46.6 Å². The van der Waals surface area contributed by atoms with Crippen molar-refractivity contribution in [2.24, 2.45) is 0 Å². The molecule has 1 unspecified atom stereocenters. The van der Waals surface area contributed by atoms with E-state index in [1.165, 1.54) is 24.5 Å². The summed E-state index contributed by atoms with van der Waals surface area (Å²) >= 11 is 0. The molecule has 3 rings (SSSR count). The van der Waals surface area contributed by atoms with Gasteiger partial charge in [-0.25, -0.2) is 4.79 Å². The van der Waals surface area contributed by atoms with Crippen LogP contribution in [0.5, 0.6) is 5.75 Å². The summed E-state index contributed by atoms with van der Waals surface area (Å²) in [7, 11) is 0. The number of hydrogen-bond donors (Lipinski definition) is 0. The summed E-state index contributed by atoms with van der Waals surface area (Å²) in [6.45, 7) is 8.12. The molecule has 1 atom stereocenters. The fourth-order valence-electron chi connectivity index (χ4n) is 3.65. The predicted octanol–water partition coefficient (Wildman–Crippen LogP) is 6.75. The number of benzene rings is 3. The Morgan fingerprint density at radius 1 is 1.03 bits per heavy atom. The second kappa shape index (κ2) is 10.1. The number of aryl methyl sites for hydroxylation is 1. The molecule has 0 spiro atoms. The van der Waals surface area contributed by atoms with E-state index < -0.39 is 5.97 Å². The van der Waals surface area contributed by atoms with Gasteiger partial charge in [0.25, 0.3) is 0 Å². The zero-order valence-electron chi connectivity index (χ0n) is 17.4. The molecule has 0 saturated heterocycles. The summed E-state index contributed by atoms with van der Waals surface area (Å²) in [6, 6.07) is 16.8. The summed E-state index contributed by atoms with van der Waals surface area (Å²) in [5.74, 6) is 0.461. The number of ether oxygens (including phenoxy) is 2. The molecule has 0 aliphatic rings. The number of carbonyl (C=O) groups is 1. The average molecular weight is 391 g/mol. The van der Waals surface area contributed by atoms with Crippen LogP contribution in [0.25, 0.3) is 21.5 Å². The van der Waals surface area contributed by atoms with E-state index in [9.17, 15) is 4.79 Å². The van der Waals surface area contributed by atoms with Gasteiger partial charge in [-0.2, -0.15) is 0 Å². The van der Waals surface area contributed by atoms with E-state index in [-0.39, 0.29) is 6.10 Å². The van der Waals surface area contributed by atoms with Gasteiger partial charge < -0.3 is 9.47 Å². The number of unbranched alkanes of at least 4 members (excludes halogenated alkanes) is 3. The van der Waals surface area contributed by atoms with E-state index >= 15 is 0 Å². The topological polar surface area (TPSA) is 35.5 Å².